The Morgan fingerprint density at radius 1 is 0.355 bits per heavy atom. The van der Waals surface area contributed by atoms with Crippen molar-refractivity contribution in [2.75, 3.05) is 0 Å². The molecule has 12 rings (SSSR count). The molecule has 2 aromatic heterocycles. The van der Waals surface area contributed by atoms with Crippen molar-refractivity contribution in [3.63, 3.8) is 0 Å². The molecule has 0 amide bonds. The van der Waals surface area contributed by atoms with E-state index in [0.717, 1.165) is 0 Å². The number of rotatable bonds is 3. The molecule has 0 saturated heterocycles. The average molecular weight is 798 g/mol. The molecule has 0 fully saturated rings. The average Bonchev–Trinajstić information content (AvgIpc) is 3.84. The second kappa shape index (κ2) is 12.7. The summed E-state index contributed by atoms with van der Waals surface area (Å²) in [6, 6.07) is 63.1. The van der Waals surface area contributed by atoms with E-state index in [1.807, 2.05) is 0 Å². The second-order valence-electron chi connectivity index (χ2n) is 20.7. The van der Waals surface area contributed by atoms with Gasteiger partial charge < -0.3 is 4.40 Å². The summed E-state index contributed by atoms with van der Waals surface area (Å²) in [4.78, 5) is 0. The van der Waals surface area contributed by atoms with Gasteiger partial charge in [-0.1, -0.05) is 165 Å². The molecule has 1 aliphatic carbocycles. The number of hydrogen-bond acceptors (Lipinski definition) is 0. The van der Waals surface area contributed by atoms with Gasteiger partial charge in [-0.15, -0.1) is 0 Å². The summed E-state index contributed by atoms with van der Waals surface area (Å²) in [6.45, 7) is 18.4. The fourth-order valence-electron chi connectivity index (χ4n) is 10.8. The molecule has 0 saturated carbocycles. The van der Waals surface area contributed by atoms with Crippen LogP contribution >= 0.6 is 0 Å². The third kappa shape index (κ3) is 5.47. The van der Waals surface area contributed by atoms with Crippen molar-refractivity contribution in [3.8, 4) is 44.5 Å². The molecule has 9 aromatic carbocycles. The van der Waals surface area contributed by atoms with E-state index in [1.54, 1.807) is 0 Å². The van der Waals surface area contributed by atoms with Crippen molar-refractivity contribution in [1.29, 1.82) is 0 Å². The quantitative estimate of drug-likeness (QED) is 0.168. The first-order valence-corrected chi connectivity index (χ1v) is 22.3. The predicted octanol–water partition coefficient (Wildman–Crippen LogP) is 17.0. The first-order valence-electron chi connectivity index (χ1n) is 22.3. The Morgan fingerprint density at radius 3 is 1.32 bits per heavy atom. The largest absolute Gasteiger partial charge is 0.308 e. The molecule has 1 nitrogen and oxygen atoms in total. The maximum atomic E-state index is 2.57. The van der Waals surface area contributed by atoms with Crippen molar-refractivity contribution < 1.29 is 0 Å². The molecule has 0 atom stereocenters. The summed E-state index contributed by atoms with van der Waals surface area (Å²) in [5.74, 6) is 0. The molecule has 0 spiro atoms. The van der Waals surface area contributed by atoms with Gasteiger partial charge in [0, 0.05) is 27.0 Å². The van der Waals surface area contributed by atoms with Crippen LogP contribution < -0.4 is 0 Å². The van der Waals surface area contributed by atoms with Crippen LogP contribution in [-0.2, 0) is 16.2 Å². The van der Waals surface area contributed by atoms with Crippen LogP contribution in [0.4, 0.5) is 0 Å². The van der Waals surface area contributed by atoms with E-state index in [2.05, 4.69) is 224 Å². The lowest BCUT2D eigenvalue weighted by Crippen LogP contribution is -2.14. The van der Waals surface area contributed by atoms with E-state index in [1.165, 1.54) is 126 Å². The Hall–Kier alpha value is -6.70. The van der Waals surface area contributed by atoms with Gasteiger partial charge in [0.25, 0.3) is 0 Å². The van der Waals surface area contributed by atoms with Gasteiger partial charge in [0.05, 0.1) is 16.6 Å². The van der Waals surface area contributed by atoms with Crippen LogP contribution in [0.1, 0.15) is 77.6 Å². The number of nitrogens with zero attached hydrogens (tertiary/aromatic N) is 1. The van der Waals surface area contributed by atoms with Gasteiger partial charge in [0.2, 0.25) is 0 Å². The topological polar surface area (TPSA) is 4.41 Å². The molecule has 0 radical (unpaired) electrons. The minimum Gasteiger partial charge on any atom is -0.308 e. The van der Waals surface area contributed by atoms with E-state index in [9.17, 15) is 0 Å². The van der Waals surface area contributed by atoms with Crippen molar-refractivity contribution >= 4 is 59.6 Å². The molecule has 1 heteroatoms. The third-order valence-corrected chi connectivity index (χ3v) is 14.4. The van der Waals surface area contributed by atoms with Crippen molar-refractivity contribution in [3.05, 3.63) is 186 Å². The zero-order valence-electron chi connectivity index (χ0n) is 37.0. The van der Waals surface area contributed by atoms with Gasteiger partial charge in [0.1, 0.15) is 0 Å². The molecular weight excluding hydrogens is 747 g/mol. The molecule has 0 aliphatic heterocycles. The monoisotopic (exact) mass is 797 g/mol. The number of hydrogen-bond donors (Lipinski definition) is 0. The molecule has 2 heterocycles. The summed E-state index contributed by atoms with van der Waals surface area (Å²) >= 11 is 0. The fraction of sp³-hybridized carbons (Fsp3) is 0.180. The predicted molar refractivity (Wildman–Crippen MR) is 267 cm³/mol. The van der Waals surface area contributed by atoms with Crippen LogP contribution in [0.3, 0.4) is 0 Å². The van der Waals surface area contributed by atoms with Crippen LogP contribution in [0.25, 0.3) is 104 Å². The van der Waals surface area contributed by atoms with Gasteiger partial charge in [-0.3, -0.25) is 0 Å². The smallest absolute Gasteiger partial charge is 0.0620 e. The zero-order chi connectivity index (χ0) is 42.4. The van der Waals surface area contributed by atoms with E-state index in [4.69, 9.17) is 0 Å². The Morgan fingerprint density at radius 2 is 0.806 bits per heavy atom. The molecule has 1 aliphatic rings. The van der Waals surface area contributed by atoms with Gasteiger partial charge in [-0.05, 0) is 154 Å². The normalized spacial score (nSPS) is 13.9. The maximum absolute atomic E-state index is 2.57. The Labute approximate surface area is 364 Å². The third-order valence-electron chi connectivity index (χ3n) is 14.4. The van der Waals surface area contributed by atoms with Crippen molar-refractivity contribution in [2.45, 2.75) is 71.6 Å². The molecule has 0 bridgehead atoms. The summed E-state index contributed by atoms with van der Waals surface area (Å²) in [5, 5.41) is 10.2. The highest BCUT2D eigenvalue weighted by Crippen LogP contribution is 2.51. The van der Waals surface area contributed by atoms with Gasteiger partial charge >= 0.3 is 0 Å². The standard InChI is InChI=1S/C61H51N/c1-59(2,3)46-22-17-36(18-23-46)38-13-15-40-29-50-52-31-45(42-21-26-49-48-11-9-10-12-54(48)61(7,8)55(49)33-42)32-53-51-30-41-16-14-39(37-19-24-47(25-20-37)60(4,5)6)28-44(41)35-57(51)62(58(52)53)56(50)34-43(40)27-38/h9-35H,1-8H3. The summed E-state index contributed by atoms with van der Waals surface area (Å²) < 4.78 is 2.57. The summed E-state index contributed by atoms with van der Waals surface area (Å²) in [5.41, 5.74) is 19.7. The van der Waals surface area contributed by atoms with Gasteiger partial charge in [-0.25, -0.2) is 0 Å². The molecule has 0 unspecified atom stereocenters. The van der Waals surface area contributed by atoms with Crippen molar-refractivity contribution in [2.24, 2.45) is 0 Å². The molecule has 300 valence electrons. The number of aromatic nitrogens is 1. The van der Waals surface area contributed by atoms with Crippen LogP contribution in [0, 0.1) is 0 Å². The van der Waals surface area contributed by atoms with Crippen LogP contribution in [0.5, 0.6) is 0 Å². The van der Waals surface area contributed by atoms with Crippen LogP contribution in [0.15, 0.2) is 164 Å². The Bertz CT molecular complexity index is 3450. The highest BCUT2D eigenvalue weighted by molar-refractivity contribution is 6.27. The first kappa shape index (κ1) is 37.1. The highest BCUT2D eigenvalue weighted by atomic mass is 14.9. The van der Waals surface area contributed by atoms with Crippen LogP contribution in [0.2, 0.25) is 0 Å². The van der Waals surface area contributed by atoms with Gasteiger partial charge in [-0.2, -0.15) is 0 Å². The first-order chi connectivity index (χ1) is 29.7. The lowest BCUT2D eigenvalue weighted by Gasteiger charge is -2.22. The van der Waals surface area contributed by atoms with Crippen molar-refractivity contribution in [1.82, 2.24) is 4.40 Å². The van der Waals surface area contributed by atoms with E-state index in [-0.39, 0.29) is 16.2 Å². The van der Waals surface area contributed by atoms with E-state index < -0.39 is 0 Å². The molecule has 11 aromatic rings. The fourth-order valence-corrected chi connectivity index (χ4v) is 10.8. The maximum Gasteiger partial charge on any atom is 0.0620 e. The second-order valence-corrected chi connectivity index (χ2v) is 20.7. The molecule has 0 N–H and O–H groups in total. The number of benzene rings is 9. The summed E-state index contributed by atoms with van der Waals surface area (Å²) in [7, 11) is 0. The lowest BCUT2D eigenvalue weighted by molar-refractivity contribution is 0.590. The van der Waals surface area contributed by atoms with Gasteiger partial charge in [0.15, 0.2) is 0 Å². The Balaban J connectivity index is 1.09. The Kier molecular flexibility index (Phi) is 7.59. The number of fused-ring (bicyclic) bond motifs is 11. The molecule has 62 heavy (non-hydrogen) atoms. The minimum atomic E-state index is -0.0652. The van der Waals surface area contributed by atoms with E-state index >= 15 is 0 Å². The zero-order valence-corrected chi connectivity index (χ0v) is 37.0. The highest BCUT2D eigenvalue weighted by Gasteiger charge is 2.35. The summed E-state index contributed by atoms with van der Waals surface area (Å²) in [6.07, 6.45) is 0. The SMILES string of the molecule is CC(C)(C)c1ccc(-c2ccc3cc4c5cc(-c6ccc7c(c6)C(C)(C)c6ccccc6-7)cc6c7cc8ccc(-c9ccc(C(C)(C)C)cc9)cc8cc7n(c4cc3c2)c56)cc1. The van der Waals surface area contributed by atoms with E-state index in [0.29, 0.717) is 0 Å². The molecular formula is C61H51N. The van der Waals surface area contributed by atoms with Crippen LogP contribution in [-0.4, -0.2) is 4.40 Å². The minimum absolute atomic E-state index is 0.0652. The lowest BCUT2D eigenvalue weighted by atomic mass is 9.81.